The van der Waals surface area contributed by atoms with Gasteiger partial charge in [-0.1, -0.05) is 61.5 Å². The highest BCUT2D eigenvalue weighted by molar-refractivity contribution is 5.17. The highest BCUT2D eigenvalue weighted by atomic mass is 16.3. The zero-order valence-corrected chi connectivity index (χ0v) is 20.2. The molecule has 0 aliphatic heterocycles. The minimum Gasteiger partial charge on any atom is -0.377 e. The number of aliphatic hydroxyl groups excluding tert-OH is 4. The van der Waals surface area contributed by atoms with Crippen LogP contribution >= 0.6 is 0 Å². The van der Waals surface area contributed by atoms with Crippen LogP contribution in [0.4, 0.5) is 0 Å². The molecule has 0 aromatic carbocycles. The Morgan fingerprint density at radius 3 is 1.26 bits per heavy atom. The fraction of sp³-hybridized carbons (Fsp3) is 0.533. The van der Waals surface area contributed by atoms with Crippen molar-refractivity contribution < 1.29 is 20.4 Å². The molecule has 4 N–H and O–H groups in total. The molecule has 0 saturated heterocycles. The highest BCUT2D eigenvalue weighted by Crippen LogP contribution is 2.07. The number of hydrogen-bond donors (Lipinski definition) is 4. The highest BCUT2D eigenvalue weighted by Gasteiger charge is 1.96. The van der Waals surface area contributed by atoms with E-state index in [1.54, 1.807) is 12.2 Å². The molecule has 4 atom stereocenters. The van der Waals surface area contributed by atoms with Crippen molar-refractivity contribution in [1.82, 2.24) is 0 Å². The van der Waals surface area contributed by atoms with Crippen molar-refractivity contribution >= 4 is 0 Å². The maximum atomic E-state index is 9.85. The second-order valence-corrected chi connectivity index (χ2v) is 7.90. The Balaban J connectivity index is 3.78. The van der Waals surface area contributed by atoms with Gasteiger partial charge in [0.2, 0.25) is 0 Å². The molecule has 0 aliphatic carbocycles. The lowest BCUT2D eigenvalue weighted by Crippen LogP contribution is -2.02. The minimum atomic E-state index is -0.903. The van der Waals surface area contributed by atoms with Crippen molar-refractivity contribution in [2.45, 2.75) is 101 Å². The summed E-state index contributed by atoms with van der Waals surface area (Å²) in [5.74, 6) is 15.9. The lowest BCUT2D eigenvalue weighted by molar-refractivity contribution is 0.265. The van der Waals surface area contributed by atoms with Crippen LogP contribution in [0.2, 0.25) is 0 Å². The summed E-state index contributed by atoms with van der Waals surface area (Å²) in [4.78, 5) is 0. The first-order valence-corrected chi connectivity index (χ1v) is 12.1. The number of allylic oxidation sites excluding steroid dienone is 2. The molecule has 0 aliphatic rings. The minimum absolute atomic E-state index is 0.724. The average molecular weight is 465 g/mol. The standard InChI is InChI=1S/C30H40O4/c1-3-27(31)21-17-13-9-5-7-11-15-19-23-29(33)25-26-30(34)24-20-16-12-8-6-10-14-18-22-28(32)4-2/h1-2,17-18,21-22,25-34H,5-16H2/b21-17+,22-18+,26-25+/t27-,28-,29-,30-/m1/s1. The Labute approximate surface area is 206 Å². The molecule has 34 heavy (non-hydrogen) atoms. The van der Waals surface area contributed by atoms with E-state index in [1.165, 1.54) is 12.2 Å². The predicted molar refractivity (Wildman–Crippen MR) is 140 cm³/mol. The van der Waals surface area contributed by atoms with Crippen molar-refractivity contribution in [1.29, 1.82) is 0 Å². The van der Waals surface area contributed by atoms with Gasteiger partial charge in [-0.3, -0.25) is 0 Å². The van der Waals surface area contributed by atoms with Crippen LogP contribution < -0.4 is 0 Å². The zero-order chi connectivity index (χ0) is 25.3. The molecule has 0 aromatic heterocycles. The van der Waals surface area contributed by atoms with Gasteiger partial charge in [0.25, 0.3) is 0 Å². The molecule has 0 fully saturated rings. The van der Waals surface area contributed by atoms with E-state index in [-0.39, 0.29) is 0 Å². The van der Waals surface area contributed by atoms with Crippen molar-refractivity contribution in [2.24, 2.45) is 0 Å². The third-order valence-corrected chi connectivity index (χ3v) is 4.80. The molecule has 0 radical (unpaired) electrons. The molecule has 4 nitrogen and oxygen atoms in total. The molecular formula is C30H40O4. The van der Waals surface area contributed by atoms with Crippen molar-refractivity contribution in [3.63, 3.8) is 0 Å². The van der Waals surface area contributed by atoms with Gasteiger partial charge in [-0.25, -0.2) is 0 Å². The third-order valence-electron chi connectivity index (χ3n) is 4.80. The van der Waals surface area contributed by atoms with E-state index in [4.69, 9.17) is 12.8 Å². The van der Waals surface area contributed by atoms with E-state index >= 15 is 0 Å². The molecule has 184 valence electrons. The van der Waals surface area contributed by atoms with E-state index in [0.717, 1.165) is 77.0 Å². The van der Waals surface area contributed by atoms with Crippen molar-refractivity contribution in [3.8, 4) is 48.4 Å². The van der Waals surface area contributed by atoms with Crippen LogP contribution in [0.3, 0.4) is 0 Å². The summed E-state index contributed by atoms with van der Waals surface area (Å²) in [5.41, 5.74) is 0. The van der Waals surface area contributed by atoms with Crippen LogP contribution in [-0.4, -0.2) is 44.8 Å². The maximum absolute atomic E-state index is 9.85. The number of rotatable bonds is 16. The van der Waals surface area contributed by atoms with E-state index in [2.05, 4.69) is 35.5 Å². The Hall–Kier alpha value is -2.70. The summed E-state index contributed by atoms with van der Waals surface area (Å²) in [5, 5.41) is 38.1. The lowest BCUT2D eigenvalue weighted by Gasteiger charge is -1.98. The SMILES string of the molecule is C#C[C@@H](O)/C=C/CCCCCCC#C[C@@H](O)/C=C/[C@H](O)C#CCCCCCC/C=C/[C@H](O)C#C. The Kier molecular flexibility index (Phi) is 21.6. The lowest BCUT2D eigenvalue weighted by atomic mass is 10.1. The number of hydrogen-bond acceptors (Lipinski definition) is 4. The molecule has 0 saturated carbocycles. The van der Waals surface area contributed by atoms with Gasteiger partial charge in [0, 0.05) is 12.8 Å². The van der Waals surface area contributed by atoms with E-state index in [1.807, 2.05) is 12.2 Å². The first kappa shape index (κ1) is 31.3. The van der Waals surface area contributed by atoms with Crippen LogP contribution in [0.1, 0.15) is 77.0 Å². The third kappa shape index (κ3) is 22.5. The molecule has 0 heterocycles. The topological polar surface area (TPSA) is 80.9 Å². The molecule has 0 amide bonds. The molecule has 0 bridgehead atoms. The number of unbranched alkanes of at least 4 members (excludes halogenated alkanes) is 10. The zero-order valence-electron chi connectivity index (χ0n) is 20.2. The summed E-state index contributed by atoms with van der Waals surface area (Å²) < 4.78 is 0. The van der Waals surface area contributed by atoms with Crippen LogP contribution in [0, 0.1) is 48.4 Å². The summed E-state index contributed by atoms with van der Waals surface area (Å²) in [6.07, 6.45) is 28.4. The number of terminal acetylenes is 2. The first-order chi connectivity index (χ1) is 16.5. The van der Waals surface area contributed by atoms with Gasteiger partial charge in [-0.2, -0.15) is 0 Å². The van der Waals surface area contributed by atoms with Gasteiger partial charge in [0.1, 0.15) is 24.4 Å². The van der Waals surface area contributed by atoms with Gasteiger partial charge in [-0.15, -0.1) is 24.7 Å². The quantitative estimate of drug-likeness (QED) is 0.158. The van der Waals surface area contributed by atoms with Gasteiger partial charge in [0.15, 0.2) is 0 Å². The second kappa shape index (κ2) is 23.5. The number of aliphatic hydroxyl groups is 4. The molecule has 0 rings (SSSR count). The van der Waals surface area contributed by atoms with Crippen molar-refractivity contribution in [2.75, 3.05) is 0 Å². The Bertz CT molecular complexity index is 733. The summed E-state index contributed by atoms with van der Waals surface area (Å²) in [7, 11) is 0. The predicted octanol–water partition coefficient (Wildman–Crippen LogP) is 4.05. The van der Waals surface area contributed by atoms with E-state index < -0.39 is 24.4 Å². The molecule has 4 heteroatoms. The van der Waals surface area contributed by atoms with Gasteiger partial charge >= 0.3 is 0 Å². The summed E-state index contributed by atoms with van der Waals surface area (Å²) in [6.45, 7) is 0. The van der Waals surface area contributed by atoms with E-state index in [0.29, 0.717) is 0 Å². The summed E-state index contributed by atoms with van der Waals surface area (Å²) >= 11 is 0. The summed E-state index contributed by atoms with van der Waals surface area (Å²) in [6, 6.07) is 0. The smallest absolute Gasteiger partial charge is 0.133 e. The average Bonchev–Trinajstić information content (AvgIpc) is 2.84. The van der Waals surface area contributed by atoms with Crippen LogP contribution in [0.25, 0.3) is 0 Å². The maximum Gasteiger partial charge on any atom is 0.133 e. The fourth-order valence-corrected chi connectivity index (χ4v) is 2.88. The normalized spacial score (nSPS) is 14.5. The first-order valence-electron chi connectivity index (χ1n) is 12.1. The second-order valence-electron chi connectivity index (χ2n) is 7.90. The van der Waals surface area contributed by atoms with Gasteiger partial charge in [-0.05, 0) is 62.8 Å². The Morgan fingerprint density at radius 1 is 0.500 bits per heavy atom. The largest absolute Gasteiger partial charge is 0.377 e. The molecule has 0 unspecified atom stereocenters. The molecule has 0 spiro atoms. The van der Waals surface area contributed by atoms with Crippen LogP contribution in [-0.2, 0) is 0 Å². The van der Waals surface area contributed by atoms with Gasteiger partial charge < -0.3 is 20.4 Å². The van der Waals surface area contributed by atoms with Crippen molar-refractivity contribution in [3.05, 3.63) is 36.5 Å². The monoisotopic (exact) mass is 464 g/mol. The van der Waals surface area contributed by atoms with E-state index in [9.17, 15) is 20.4 Å². The molecular weight excluding hydrogens is 424 g/mol. The molecule has 0 aromatic rings. The van der Waals surface area contributed by atoms with Crippen LogP contribution in [0.5, 0.6) is 0 Å². The van der Waals surface area contributed by atoms with Gasteiger partial charge in [0.05, 0.1) is 0 Å². The fourth-order valence-electron chi connectivity index (χ4n) is 2.88. The Morgan fingerprint density at radius 2 is 0.882 bits per heavy atom. The van der Waals surface area contributed by atoms with Crippen LogP contribution in [0.15, 0.2) is 36.5 Å².